The normalized spacial score (nSPS) is 13.9. The van der Waals surface area contributed by atoms with E-state index in [-0.39, 0.29) is 24.3 Å². The minimum Gasteiger partial charge on any atom is -0.388 e. The lowest BCUT2D eigenvalue weighted by Crippen LogP contribution is -2.32. The first kappa shape index (κ1) is 16.2. The van der Waals surface area contributed by atoms with Crippen molar-refractivity contribution in [3.8, 4) is 0 Å². The Hall–Kier alpha value is -2.21. The van der Waals surface area contributed by atoms with Crippen molar-refractivity contribution in [2.24, 2.45) is 5.92 Å². The molecule has 1 aromatic heterocycles. The number of aliphatic hydroxyl groups is 1. The molecular formula is C16H21N3O3. The van der Waals surface area contributed by atoms with Crippen LogP contribution in [-0.4, -0.2) is 21.2 Å². The average Bonchev–Trinajstić information content (AvgIpc) is 2.91. The van der Waals surface area contributed by atoms with E-state index in [1.54, 1.807) is 19.1 Å². The quantitative estimate of drug-likeness (QED) is 0.855. The number of carbonyl (C=O) groups is 1. The molecule has 0 aliphatic rings. The highest BCUT2D eigenvalue weighted by atomic mass is 16.5. The summed E-state index contributed by atoms with van der Waals surface area (Å²) >= 11 is 0. The van der Waals surface area contributed by atoms with Gasteiger partial charge in [-0.25, -0.2) is 0 Å². The number of nitrogens with one attached hydrogen (secondary N) is 1. The molecule has 1 aromatic carbocycles. The largest absolute Gasteiger partial charge is 0.388 e. The molecule has 0 aliphatic carbocycles. The Morgan fingerprint density at radius 1 is 1.32 bits per heavy atom. The molecule has 1 heterocycles. The lowest BCUT2D eigenvalue weighted by Gasteiger charge is -2.19. The Labute approximate surface area is 129 Å². The molecule has 0 saturated heterocycles. The van der Waals surface area contributed by atoms with Crippen LogP contribution in [-0.2, 0) is 4.79 Å². The molecule has 22 heavy (non-hydrogen) atoms. The molecule has 118 valence electrons. The monoisotopic (exact) mass is 303 g/mol. The molecule has 0 bridgehead atoms. The molecule has 2 rings (SSSR count). The Morgan fingerprint density at radius 2 is 2.00 bits per heavy atom. The van der Waals surface area contributed by atoms with Crippen molar-refractivity contribution in [2.45, 2.75) is 39.3 Å². The van der Waals surface area contributed by atoms with Crippen molar-refractivity contribution in [2.75, 3.05) is 0 Å². The molecule has 0 radical (unpaired) electrons. The highest BCUT2D eigenvalue weighted by Gasteiger charge is 2.25. The van der Waals surface area contributed by atoms with Gasteiger partial charge in [0.1, 0.15) is 6.04 Å². The molecule has 0 spiro atoms. The SMILES string of the molecule is Cc1noc(C(NC(=O)CC(O)c2ccccc2)C(C)C)n1. The molecule has 2 atom stereocenters. The maximum Gasteiger partial charge on any atom is 0.249 e. The van der Waals surface area contributed by atoms with Gasteiger partial charge in [-0.1, -0.05) is 49.3 Å². The van der Waals surface area contributed by atoms with Crippen LogP contribution in [0.1, 0.15) is 49.7 Å². The smallest absolute Gasteiger partial charge is 0.249 e. The van der Waals surface area contributed by atoms with Gasteiger partial charge in [0.2, 0.25) is 11.8 Å². The minimum atomic E-state index is -0.835. The Balaban J connectivity index is 2.00. The summed E-state index contributed by atoms with van der Waals surface area (Å²) in [5, 5.41) is 16.7. The lowest BCUT2D eigenvalue weighted by molar-refractivity contribution is -0.124. The predicted molar refractivity (Wildman–Crippen MR) is 80.8 cm³/mol. The first-order valence-corrected chi connectivity index (χ1v) is 7.30. The summed E-state index contributed by atoms with van der Waals surface area (Å²) in [6, 6.07) is 8.74. The molecule has 2 N–H and O–H groups in total. The molecule has 2 aromatic rings. The van der Waals surface area contributed by atoms with Gasteiger partial charge in [0.25, 0.3) is 0 Å². The van der Waals surface area contributed by atoms with Crippen molar-refractivity contribution in [1.29, 1.82) is 0 Å². The number of aromatic nitrogens is 2. The van der Waals surface area contributed by atoms with E-state index in [1.807, 2.05) is 32.0 Å². The standard InChI is InChI=1S/C16H21N3O3/c1-10(2)15(16-17-11(3)19-22-16)18-14(21)9-13(20)12-7-5-4-6-8-12/h4-8,10,13,15,20H,9H2,1-3H3,(H,18,21). The number of benzene rings is 1. The van der Waals surface area contributed by atoms with Crippen LogP contribution in [0.4, 0.5) is 0 Å². The number of hydrogen-bond acceptors (Lipinski definition) is 5. The average molecular weight is 303 g/mol. The van der Waals surface area contributed by atoms with Crippen molar-refractivity contribution in [1.82, 2.24) is 15.5 Å². The lowest BCUT2D eigenvalue weighted by atomic mass is 10.0. The highest BCUT2D eigenvalue weighted by Crippen LogP contribution is 2.21. The van der Waals surface area contributed by atoms with E-state index >= 15 is 0 Å². The van der Waals surface area contributed by atoms with Crippen molar-refractivity contribution in [3.05, 3.63) is 47.6 Å². The van der Waals surface area contributed by atoms with E-state index in [0.29, 0.717) is 17.3 Å². The van der Waals surface area contributed by atoms with Gasteiger partial charge in [-0.3, -0.25) is 4.79 Å². The maximum absolute atomic E-state index is 12.2. The van der Waals surface area contributed by atoms with Gasteiger partial charge >= 0.3 is 0 Å². The third kappa shape index (κ3) is 4.14. The third-order valence-electron chi connectivity index (χ3n) is 3.36. The zero-order valence-electron chi connectivity index (χ0n) is 13.0. The summed E-state index contributed by atoms with van der Waals surface area (Å²) < 4.78 is 5.14. The zero-order valence-corrected chi connectivity index (χ0v) is 13.0. The summed E-state index contributed by atoms with van der Waals surface area (Å²) in [7, 11) is 0. The van der Waals surface area contributed by atoms with Crippen LogP contribution in [0.25, 0.3) is 0 Å². The van der Waals surface area contributed by atoms with Crippen LogP contribution in [0, 0.1) is 12.8 Å². The van der Waals surface area contributed by atoms with Crippen LogP contribution in [0.5, 0.6) is 0 Å². The van der Waals surface area contributed by atoms with Gasteiger partial charge in [0.05, 0.1) is 12.5 Å². The highest BCUT2D eigenvalue weighted by molar-refractivity contribution is 5.77. The summed E-state index contributed by atoms with van der Waals surface area (Å²) in [4.78, 5) is 16.3. The number of amides is 1. The van der Waals surface area contributed by atoms with Crippen LogP contribution in [0.15, 0.2) is 34.9 Å². The topological polar surface area (TPSA) is 88.2 Å². The van der Waals surface area contributed by atoms with Gasteiger partial charge in [-0.15, -0.1) is 0 Å². The maximum atomic E-state index is 12.2. The van der Waals surface area contributed by atoms with Crippen LogP contribution < -0.4 is 5.32 Å². The first-order chi connectivity index (χ1) is 10.5. The number of rotatable bonds is 6. The van der Waals surface area contributed by atoms with E-state index in [1.165, 1.54) is 0 Å². The Kier molecular flexibility index (Phi) is 5.27. The number of carbonyl (C=O) groups excluding carboxylic acids is 1. The minimum absolute atomic E-state index is 0.0135. The summed E-state index contributed by atoms with van der Waals surface area (Å²) in [5.74, 6) is 0.748. The first-order valence-electron chi connectivity index (χ1n) is 7.30. The van der Waals surface area contributed by atoms with E-state index < -0.39 is 6.10 Å². The predicted octanol–water partition coefficient (Wildman–Crippen LogP) is 2.32. The van der Waals surface area contributed by atoms with Crippen LogP contribution >= 0.6 is 0 Å². The molecule has 6 heteroatoms. The van der Waals surface area contributed by atoms with Gasteiger partial charge in [0, 0.05) is 0 Å². The van der Waals surface area contributed by atoms with E-state index in [9.17, 15) is 9.90 Å². The molecule has 0 saturated carbocycles. The molecular weight excluding hydrogens is 282 g/mol. The zero-order chi connectivity index (χ0) is 16.1. The van der Waals surface area contributed by atoms with E-state index in [2.05, 4.69) is 15.5 Å². The van der Waals surface area contributed by atoms with E-state index in [4.69, 9.17) is 4.52 Å². The third-order valence-corrected chi connectivity index (χ3v) is 3.36. The number of aliphatic hydroxyl groups excluding tert-OH is 1. The summed E-state index contributed by atoms with van der Waals surface area (Å²) in [6.45, 7) is 5.64. The van der Waals surface area contributed by atoms with Gasteiger partial charge in [0.15, 0.2) is 5.82 Å². The molecule has 2 unspecified atom stereocenters. The fourth-order valence-electron chi connectivity index (χ4n) is 2.15. The second-order valence-corrected chi connectivity index (χ2v) is 5.60. The molecule has 0 fully saturated rings. The fourth-order valence-corrected chi connectivity index (χ4v) is 2.15. The fraction of sp³-hybridized carbons (Fsp3) is 0.438. The second-order valence-electron chi connectivity index (χ2n) is 5.60. The van der Waals surface area contributed by atoms with Crippen LogP contribution in [0.3, 0.4) is 0 Å². The number of hydrogen-bond donors (Lipinski definition) is 2. The second kappa shape index (κ2) is 7.17. The number of nitrogens with zero attached hydrogens (tertiary/aromatic N) is 2. The van der Waals surface area contributed by atoms with Gasteiger partial charge in [-0.05, 0) is 18.4 Å². The molecule has 1 amide bonds. The summed E-state index contributed by atoms with van der Waals surface area (Å²) in [5.41, 5.74) is 0.715. The summed E-state index contributed by atoms with van der Waals surface area (Å²) in [6.07, 6.45) is -0.848. The van der Waals surface area contributed by atoms with E-state index in [0.717, 1.165) is 0 Å². The van der Waals surface area contributed by atoms with Gasteiger partial charge in [-0.2, -0.15) is 4.98 Å². The van der Waals surface area contributed by atoms with Crippen molar-refractivity contribution < 1.29 is 14.4 Å². The van der Waals surface area contributed by atoms with Crippen molar-refractivity contribution in [3.63, 3.8) is 0 Å². The molecule has 6 nitrogen and oxygen atoms in total. The number of aryl methyl sites for hydroxylation is 1. The van der Waals surface area contributed by atoms with Gasteiger partial charge < -0.3 is 14.9 Å². The van der Waals surface area contributed by atoms with Crippen molar-refractivity contribution >= 4 is 5.91 Å². The Bertz CT molecular complexity index is 610. The Morgan fingerprint density at radius 3 is 2.55 bits per heavy atom. The molecule has 0 aliphatic heterocycles. The van der Waals surface area contributed by atoms with Crippen LogP contribution in [0.2, 0.25) is 0 Å².